The zero-order valence-electron chi connectivity index (χ0n) is 16.0. The van der Waals surface area contributed by atoms with Gasteiger partial charge in [-0.15, -0.1) is 0 Å². The Morgan fingerprint density at radius 2 is 1.97 bits per heavy atom. The number of hydrogen-bond donors (Lipinski definition) is 4. The highest BCUT2D eigenvalue weighted by Gasteiger charge is 2.24. The van der Waals surface area contributed by atoms with Crippen LogP contribution in [0.5, 0.6) is 5.75 Å². The van der Waals surface area contributed by atoms with E-state index in [9.17, 15) is 9.90 Å². The van der Waals surface area contributed by atoms with Crippen LogP contribution >= 0.6 is 0 Å². The minimum absolute atomic E-state index is 0.0445. The first-order valence-corrected chi connectivity index (χ1v) is 9.18. The number of anilines is 1. The molecule has 0 unspecified atom stereocenters. The lowest BCUT2D eigenvalue weighted by molar-refractivity contribution is -0.138. The van der Waals surface area contributed by atoms with Crippen LogP contribution in [0.1, 0.15) is 35.2 Å². The van der Waals surface area contributed by atoms with Crippen molar-refractivity contribution in [1.29, 1.82) is 5.41 Å². The van der Waals surface area contributed by atoms with Gasteiger partial charge in [-0.2, -0.15) is 0 Å². The van der Waals surface area contributed by atoms with E-state index in [0.29, 0.717) is 22.6 Å². The highest BCUT2D eigenvalue weighted by molar-refractivity contribution is 5.95. The molecule has 29 heavy (non-hydrogen) atoms. The second-order valence-corrected chi connectivity index (χ2v) is 6.55. The third-order valence-corrected chi connectivity index (χ3v) is 4.52. The van der Waals surface area contributed by atoms with Crippen LogP contribution in [0.2, 0.25) is 0 Å². The molecule has 0 aliphatic heterocycles. The molecule has 5 N–H and O–H groups in total. The van der Waals surface area contributed by atoms with Crippen LogP contribution in [-0.2, 0) is 17.8 Å². The van der Waals surface area contributed by atoms with Gasteiger partial charge >= 0.3 is 5.97 Å². The Bertz CT molecular complexity index is 982. The van der Waals surface area contributed by atoms with E-state index in [4.69, 9.17) is 20.3 Å². The number of nitrogen functional groups attached to an aromatic ring is 1. The van der Waals surface area contributed by atoms with Gasteiger partial charge in [-0.3, -0.25) is 5.41 Å². The molecular weight excluding hydrogens is 370 g/mol. The molecule has 0 aliphatic carbocycles. The summed E-state index contributed by atoms with van der Waals surface area (Å²) in [6.45, 7) is 2.28. The summed E-state index contributed by atoms with van der Waals surface area (Å²) in [6.07, 6.45) is 3.92. The van der Waals surface area contributed by atoms with Crippen LogP contribution in [0.4, 0.5) is 5.69 Å². The molecule has 0 aliphatic rings. The van der Waals surface area contributed by atoms with Crippen LogP contribution in [0, 0.1) is 5.41 Å². The summed E-state index contributed by atoms with van der Waals surface area (Å²) in [5.41, 5.74) is 9.05. The molecule has 2 aromatic carbocycles. The smallest absolute Gasteiger partial charge is 0.330 e. The second kappa shape index (κ2) is 8.97. The van der Waals surface area contributed by atoms with E-state index >= 15 is 0 Å². The summed E-state index contributed by atoms with van der Waals surface area (Å²) in [5, 5.41) is 20.4. The molecule has 3 rings (SSSR count). The minimum atomic E-state index is -1.03. The summed E-state index contributed by atoms with van der Waals surface area (Å²) in [6, 6.07) is 13.1. The van der Waals surface area contributed by atoms with Gasteiger partial charge in [0.1, 0.15) is 18.2 Å². The van der Waals surface area contributed by atoms with Gasteiger partial charge in [-0.25, -0.2) is 4.79 Å². The van der Waals surface area contributed by atoms with Crippen molar-refractivity contribution in [3.63, 3.8) is 0 Å². The number of carboxylic acid groups (broad SMARTS) is 1. The van der Waals surface area contributed by atoms with Crippen molar-refractivity contribution in [1.82, 2.24) is 0 Å². The third-order valence-electron chi connectivity index (χ3n) is 4.52. The van der Waals surface area contributed by atoms with Gasteiger partial charge in [0, 0.05) is 22.4 Å². The normalized spacial score (nSPS) is 11.6. The maximum atomic E-state index is 12.1. The number of hydrogen-bond acceptors (Lipinski definition) is 5. The molecule has 0 amide bonds. The summed E-state index contributed by atoms with van der Waals surface area (Å²) >= 11 is 0. The highest BCUT2D eigenvalue weighted by Crippen LogP contribution is 2.31. The summed E-state index contributed by atoms with van der Waals surface area (Å²) in [4.78, 5) is 12.1. The minimum Gasteiger partial charge on any atom is -0.488 e. The Morgan fingerprint density at radius 3 is 2.55 bits per heavy atom. The molecule has 0 bridgehead atoms. The summed E-state index contributed by atoms with van der Waals surface area (Å²) in [7, 11) is 0. The molecule has 7 nitrogen and oxygen atoms in total. The number of ether oxygens (including phenoxy) is 1. The van der Waals surface area contributed by atoms with Crippen molar-refractivity contribution in [2.45, 2.75) is 26.0 Å². The van der Waals surface area contributed by atoms with E-state index < -0.39 is 12.0 Å². The first kappa shape index (κ1) is 20.0. The van der Waals surface area contributed by atoms with Crippen molar-refractivity contribution >= 4 is 17.5 Å². The zero-order chi connectivity index (χ0) is 20.8. The largest absolute Gasteiger partial charge is 0.488 e. The van der Waals surface area contributed by atoms with Gasteiger partial charge in [-0.05, 0) is 54.4 Å². The number of aliphatic carboxylic acids is 1. The summed E-state index contributed by atoms with van der Waals surface area (Å²) < 4.78 is 10.9. The van der Waals surface area contributed by atoms with Crippen LogP contribution in [0.15, 0.2) is 65.5 Å². The van der Waals surface area contributed by atoms with Crippen molar-refractivity contribution in [3.05, 3.63) is 83.3 Å². The van der Waals surface area contributed by atoms with Gasteiger partial charge in [0.2, 0.25) is 0 Å². The molecule has 0 saturated heterocycles. The SMILES string of the molecule is CCc1ccc(OCc2ccoc2)c([C@@H](Nc2ccc(C(=N)N)cc2)C(=O)O)c1. The van der Waals surface area contributed by atoms with E-state index in [2.05, 4.69) is 5.32 Å². The number of rotatable bonds is 9. The Labute approximate surface area is 168 Å². The molecule has 0 saturated carbocycles. The van der Waals surface area contributed by atoms with Gasteiger partial charge in [-0.1, -0.05) is 13.0 Å². The fraction of sp³-hybridized carbons (Fsp3) is 0.182. The average molecular weight is 393 g/mol. The number of amidine groups is 1. The predicted molar refractivity (Wildman–Crippen MR) is 110 cm³/mol. The van der Waals surface area contributed by atoms with Crippen molar-refractivity contribution in [2.24, 2.45) is 5.73 Å². The maximum absolute atomic E-state index is 12.1. The average Bonchev–Trinajstić information content (AvgIpc) is 3.24. The molecule has 0 radical (unpaired) electrons. The number of aryl methyl sites for hydroxylation is 1. The molecule has 7 heteroatoms. The second-order valence-electron chi connectivity index (χ2n) is 6.55. The zero-order valence-corrected chi connectivity index (χ0v) is 16.0. The lowest BCUT2D eigenvalue weighted by Crippen LogP contribution is -2.22. The van der Waals surface area contributed by atoms with Gasteiger partial charge in [0.15, 0.2) is 6.04 Å². The lowest BCUT2D eigenvalue weighted by atomic mass is 10.0. The number of furan rings is 1. The highest BCUT2D eigenvalue weighted by atomic mass is 16.5. The number of nitrogens with two attached hydrogens (primary N) is 1. The van der Waals surface area contributed by atoms with E-state index in [1.807, 2.05) is 19.1 Å². The summed E-state index contributed by atoms with van der Waals surface area (Å²) in [5.74, 6) is -0.581. The molecule has 0 fully saturated rings. The molecule has 3 aromatic rings. The van der Waals surface area contributed by atoms with Gasteiger partial charge in [0.05, 0.1) is 12.5 Å². The number of benzene rings is 2. The van der Waals surface area contributed by atoms with Gasteiger partial charge < -0.3 is 25.3 Å². The molecule has 1 aromatic heterocycles. The van der Waals surface area contributed by atoms with Crippen molar-refractivity contribution in [3.8, 4) is 5.75 Å². The van der Waals surface area contributed by atoms with E-state index in [-0.39, 0.29) is 12.4 Å². The Morgan fingerprint density at radius 1 is 1.21 bits per heavy atom. The monoisotopic (exact) mass is 393 g/mol. The molecule has 1 atom stereocenters. The topological polar surface area (TPSA) is 122 Å². The van der Waals surface area contributed by atoms with Crippen molar-refractivity contribution < 1.29 is 19.1 Å². The number of carbonyl (C=O) groups is 1. The fourth-order valence-corrected chi connectivity index (χ4v) is 2.90. The number of carboxylic acids is 1. The Balaban J connectivity index is 1.89. The molecule has 0 spiro atoms. The van der Waals surface area contributed by atoms with E-state index in [1.54, 1.807) is 48.9 Å². The first-order chi connectivity index (χ1) is 14.0. The molecule has 1 heterocycles. The Kier molecular flexibility index (Phi) is 6.19. The predicted octanol–water partition coefficient (Wildman–Crippen LogP) is 3.94. The van der Waals surface area contributed by atoms with E-state index in [0.717, 1.165) is 17.5 Å². The quantitative estimate of drug-likeness (QED) is 0.323. The first-order valence-electron chi connectivity index (χ1n) is 9.18. The fourth-order valence-electron chi connectivity index (χ4n) is 2.90. The van der Waals surface area contributed by atoms with E-state index in [1.165, 1.54) is 0 Å². The van der Waals surface area contributed by atoms with Crippen LogP contribution < -0.4 is 15.8 Å². The van der Waals surface area contributed by atoms with Crippen LogP contribution in [-0.4, -0.2) is 16.9 Å². The van der Waals surface area contributed by atoms with Crippen LogP contribution in [0.25, 0.3) is 0 Å². The third kappa shape index (κ3) is 4.95. The Hall–Kier alpha value is -3.74. The maximum Gasteiger partial charge on any atom is 0.330 e. The molecule has 150 valence electrons. The van der Waals surface area contributed by atoms with Crippen molar-refractivity contribution in [2.75, 3.05) is 5.32 Å². The molecular formula is C22H23N3O4. The number of nitrogens with one attached hydrogen (secondary N) is 2. The standard InChI is InChI=1S/C22H23N3O4/c1-2-14-3-8-19(29-13-15-9-10-28-12-15)18(11-14)20(22(26)27)25-17-6-4-16(5-7-17)21(23)24/h3-12,20,25H,2,13H2,1H3,(H3,23,24)(H,26,27)/t20-/m1/s1. The van der Waals surface area contributed by atoms with Crippen LogP contribution in [0.3, 0.4) is 0 Å². The lowest BCUT2D eigenvalue weighted by Gasteiger charge is -2.20. The van der Waals surface area contributed by atoms with Gasteiger partial charge in [0.25, 0.3) is 0 Å².